The van der Waals surface area contributed by atoms with Gasteiger partial charge in [-0.05, 0) is 44.6 Å². The van der Waals surface area contributed by atoms with Crippen molar-refractivity contribution in [3.63, 3.8) is 0 Å². The van der Waals surface area contributed by atoms with Crippen molar-refractivity contribution in [2.75, 3.05) is 33.4 Å². The number of nitrogens with zero attached hydrogens (tertiary/aromatic N) is 3. The number of ether oxygens (including phenoxy) is 2. The zero-order valence-electron chi connectivity index (χ0n) is 21.0. The van der Waals surface area contributed by atoms with E-state index in [1.54, 1.807) is 29.3 Å². The molecule has 0 unspecified atom stereocenters. The van der Waals surface area contributed by atoms with Crippen LogP contribution in [0.2, 0.25) is 0 Å². The summed E-state index contributed by atoms with van der Waals surface area (Å²) >= 11 is 0. The third-order valence-electron chi connectivity index (χ3n) is 7.64. The van der Waals surface area contributed by atoms with Gasteiger partial charge in [-0.3, -0.25) is 14.4 Å². The number of hydrogen-bond donors (Lipinski definition) is 0. The second kappa shape index (κ2) is 10.8. The minimum Gasteiger partial charge on any atom is -0.493 e. The van der Waals surface area contributed by atoms with Crippen LogP contribution in [0.5, 0.6) is 11.5 Å². The molecule has 0 bridgehead atoms. The SMILES string of the molecule is COc1cccc2c1OCCCN(C(=O)c1cn(C3CCCC3)cc(C(=O)N3CCCCC3)c1=O)C2. The lowest BCUT2D eigenvalue weighted by Crippen LogP contribution is -2.41. The third-order valence-corrected chi connectivity index (χ3v) is 7.64. The van der Waals surface area contributed by atoms with E-state index in [0.29, 0.717) is 50.7 Å². The number of benzene rings is 1. The second-order valence-corrected chi connectivity index (χ2v) is 10.0. The molecule has 3 aliphatic rings. The molecule has 0 spiro atoms. The average Bonchev–Trinajstić information content (AvgIpc) is 3.44. The van der Waals surface area contributed by atoms with Crippen LogP contribution in [-0.4, -0.2) is 59.5 Å². The molecule has 2 fully saturated rings. The van der Waals surface area contributed by atoms with E-state index in [0.717, 1.165) is 50.5 Å². The first-order chi connectivity index (χ1) is 17.6. The Kier molecular flexibility index (Phi) is 7.30. The fraction of sp³-hybridized carbons (Fsp3) is 0.536. The van der Waals surface area contributed by atoms with Crippen molar-refractivity contribution in [3.05, 3.63) is 57.5 Å². The predicted molar refractivity (Wildman–Crippen MR) is 136 cm³/mol. The number of fused-ring (bicyclic) bond motifs is 1. The molecule has 8 heteroatoms. The van der Waals surface area contributed by atoms with Crippen molar-refractivity contribution in [1.29, 1.82) is 0 Å². The first-order valence-electron chi connectivity index (χ1n) is 13.2. The van der Waals surface area contributed by atoms with Crippen LogP contribution in [0.25, 0.3) is 0 Å². The number of carbonyl (C=O) groups excluding carboxylic acids is 2. The molecule has 1 aromatic carbocycles. The highest BCUT2D eigenvalue weighted by molar-refractivity contribution is 5.99. The van der Waals surface area contributed by atoms with E-state index in [9.17, 15) is 14.4 Å². The van der Waals surface area contributed by atoms with Gasteiger partial charge in [-0.2, -0.15) is 0 Å². The first kappa shape index (κ1) is 24.4. The monoisotopic (exact) mass is 493 g/mol. The van der Waals surface area contributed by atoms with Crippen molar-refractivity contribution >= 4 is 11.8 Å². The number of piperidine rings is 1. The molecule has 0 atom stereocenters. The molecule has 1 saturated heterocycles. The minimum atomic E-state index is -0.464. The Bertz CT molecular complexity index is 1180. The van der Waals surface area contributed by atoms with Crippen molar-refractivity contribution in [2.24, 2.45) is 0 Å². The summed E-state index contributed by atoms with van der Waals surface area (Å²) in [4.78, 5) is 44.4. The minimum absolute atomic E-state index is 0.0793. The Morgan fingerprint density at radius 1 is 0.889 bits per heavy atom. The summed E-state index contributed by atoms with van der Waals surface area (Å²) in [6.45, 7) is 2.52. The molecular formula is C28H35N3O5. The molecule has 5 rings (SSSR count). The van der Waals surface area contributed by atoms with Gasteiger partial charge in [0, 0.05) is 50.2 Å². The molecular weight excluding hydrogens is 458 g/mol. The zero-order chi connectivity index (χ0) is 25.1. The Labute approximate surface area is 211 Å². The van der Waals surface area contributed by atoms with Crippen molar-refractivity contribution in [1.82, 2.24) is 14.4 Å². The van der Waals surface area contributed by atoms with Crippen LogP contribution in [0, 0.1) is 0 Å². The highest BCUT2D eigenvalue weighted by Crippen LogP contribution is 2.34. The highest BCUT2D eigenvalue weighted by Gasteiger charge is 2.29. The number of amides is 2. The van der Waals surface area contributed by atoms with Gasteiger partial charge in [-0.15, -0.1) is 0 Å². The fourth-order valence-electron chi connectivity index (χ4n) is 5.65. The van der Waals surface area contributed by atoms with Crippen LogP contribution in [0.3, 0.4) is 0 Å². The van der Waals surface area contributed by atoms with Crippen molar-refractivity contribution in [2.45, 2.75) is 64.0 Å². The fourth-order valence-corrected chi connectivity index (χ4v) is 5.65. The Hall–Kier alpha value is -3.29. The van der Waals surface area contributed by atoms with E-state index in [1.165, 1.54) is 0 Å². The molecule has 2 amide bonds. The molecule has 1 aromatic heterocycles. The molecule has 0 radical (unpaired) electrons. The number of likely N-dealkylation sites (tertiary alicyclic amines) is 1. The van der Waals surface area contributed by atoms with Crippen LogP contribution in [-0.2, 0) is 6.54 Å². The van der Waals surface area contributed by atoms with Gasteiger partial charge in [0.2, 0.25) is 5.43 Å². The van der Waals surface area contributed by atoms with Crippen LogP contribution in [0.15, 0.2) is 35.4 Å². The van der Waals surface area contributed by atoms with Gasteiger partial charge in [-0.1, -0.05) is 25.0 Å². The number of pyridine rings is 1. The van der Waals surface area contributed by atoms with Crippen molar-refractivity contribution in [3.8, 4) is 11.5 Å². The van der Waals surface area contributed by atoms with E-state index in [1.807, 2.05) is 22.8 Å². The Morgan fingerprint density at radius 2 is 1.56 bits per heavy atom. The van der Waals surface area contributed by atoms with Crippen LogP contribution >= 0.6 is 0 Å². The molecule has 36 heavy (non-hydrogen) atoms. The van der Waals surface area contributed by atoms with Gasteiger partial charge in [0.05, 0.1) is 13.7 Å². The van der Waals surface area contributed by atoms with E-state index < -0.39 is 5.43 Å². The molecule has 8 nitrogen and oxygen atoms in total. The van der Waals surface area contributed by atoms with E-state index in [4.69, 9.17) is 9.47 Å². The van der Waals surface area contributed by atoms with Crippen LogP contribution < -0.4 is 14.9 Å². The summed E-state index contributed by atoms with van der Waals surface area (Å²) in [5, 5.41) is 0. The number of rotatable bonds is 4. The van der Waals surface area contributed by atoms with Gasteiger partial charge in [-0.25, -0.2) is 0 Å². The van der Waals surface area contributed by atoms with Gasteiger partial charge in [0.15, 0.2) is 11.5 Å². The molecule has 2 aliphatic heterocycles. The number of methoxy groups -OCH3 is 1. The Balaban J connectivity index is 1.52. The lowest BCUT2D eigenvalue weighted by molar-refractivity contribution is 0.0716. The molecule has 2 aromatic rings. The number of para-hydroxylation sites is 1. The topological polar surface area (TPSA) is 81.1 Å². The summed E-state index contributed by atoms with van der Waals surface area (Å²) in [5.74, 6) is 0.669. The summed E-state index contributed by atoms with van der Waals surface area (Å²) in [6.07, 6.45) is 11.2. The third kappa shape index (κ3) is 4.86. The second-order valence-electron chi connectivity index (χ2n) is 10.0. The molecule has 1 saturated carbocycles. The zero-order valence-corrected chi connectivity index (χ0v) is 21.0. The average molecular weight is 494 g/mol. The smallest absolute Gasteiger partial charge is 0.259 e. The lowest BCUT2D eigenvalue weighted by Gasteiger charge is -2.29. The van der Waals surface area contributed by atoms with E-state index in [2.05, 4.69) is 0 Å². The van der Waals surface area contributed by atoms with Gasteiger partial charge in [0.1, 0.15) is 11.1 Å². The normalized spacial score (nSPS) is 18.7. The summed E-state index contributed by atoms with van der Waals surface area (Å²) in [5.41, 5.74) is 0.566. The van der Waals surface area contributed by atoms with Gasteiger partial charge >= 0.3 is 0 Å². The predicted octanol–water partition coefficient (Wildman–Crippen LogP) is 4.02. The molecule has 3 heterocycles. The largest absolute Gasteiger partial charge is 0.493 e. The molecule has 0 N–H and O–H groups in total. The summed E-state index contributed by atoms with van der Waals surface area (Å²) in [7, 11) is 1.59. The van der Waals surface area contributed by atoms with Gasteiger partial charge in [0.25, 0.3) is 11.8 Å². The Morgan fingerprint density at radius 3 is 2.25 bits per heavy atom. The summed E-state index contributed by atoms with van der Waals surface area (Å²) in [6, 6.07) is 5.82. The number of hydrogen-bond acceptors (Lipinski definition) is 5. The first-order valence-corrected chi connectivity index (χ1v) is 13.2. The molecule has 1 aliphatic carbocycles. The quantitative estimate of drug-likeness (QED) is 0.643. The van der Waals surface area contributed by atoms with Crippen LogP contribution in [0.4, 0.5) is 0 Å². The highest BCUT2D eigenvalue weighted by atomic mass is 16.5. The number of carbonyl (C=O) groups is 2. The van der Waals surface area contributed by atoms with Gasteiger partial charge < -0.3 is 23.8 Å². The van der Waals surface area contributed by atoms with E-state index in [-0.39, 0.29) is 29.0 Å². The maximum absolute atomic E-state index is 13.9. The number of aromatic nitrogens is 1. The maximum Gasteiger partial charge on any atom is 0.259 e. The summed E-state index contributed by atoms with van der Waals surface area (Å²) < 4.78 is 13.4. The van der Waals surface area contributed by atoms with E-state index >= 15 is 0 Å². The maximum atomic E-state index is 13.9. The molecule has 192 valence electrons. The van der Waals surface area contributed by atoms with Crippen molar-refractivity contribution < 1.29 is 19.1 Å². The van der Waals surface area contributed by atoms with Crippen LogP contribution in [0.1, 0.15) is 83.7 Å². The standard InChI is InChI=1S/C28H35N3O5/c1-35-24-12-7-9-20-17-30(15-8-16-36-26(20)24)28(34)23-19-31(21-10-3-4-11-21)18-22(25(23)32)27(33)29-13-5-2-6-14-29/h7,9,12,18-19,21H,2-6,8,10-11,13-17H2,1H3. The lowest BCUT2D eigenvalue weighted by atomic mass is 10.1.